The zero-order valence-electron chi connectivity index (χ0n) is 16.2. The average molecular weight is 376 g/mol. The van der Waals surface area contributed by atoms with Crippen molar-refractivity contribution in [3.05, 3.63) is 59.9 Å². The molecule has 3 heterocycles. The molecule has 1 aliphatic rings. The van der Waals surface area contributed by atoms with Gasteiger partial charge in [-0.25, -0.2) is 4.68 Å². The van der Waals surface area contributed by atoms with E-state index in [0.29, 0.717) is 5.82 Å². The predicted octanol–water partition coefficient (Wildman–Crippen LogP) is 3.13. The van der Waals surface area contributed by atoms with E-state index < -0.39 is 0 Å². The molecule has 1 aliphatic heterocycles. The van der Waals surface area contributed by atoms with Crippen molar-refractivity contribution >= 4 is 17.4 Å². The number of rotatable bonds is 4. The van der Waals surface area contributed by atoms with Gasteiger partial charge in [-0.1, -0.05) is 6.07 Å². The van der Waals surface area contributed by atoms with Gasteiger partial charge < -0.3 is 10.2 Å². The van der Waals surface area contributed by atoms with Crippen molar-refractivity contribution in [1.29, 1.82) is 0 Å². The van der Waals surface area contributed by atoms with Gasteiger partial charge >= 0.3 is 0 Å². The van der Waals surface area contributed by atoms with Crippen LogP contribution in [-0.2, 0) is 4.79 Å². The largest absolute Gasteiger partial charge is 0.355 e. The predicted molar refractivity (Wildman–Crippen MR) is 109 cm³/mol. The van der Waals surface area contributed by atoms with Crippen LogP contribution in [0.3, 0.4) is 0 Å². The summed E-state index contributed by atoms with van der Waals surface area (Å²) in [6.07, 6.45) is 5.16. The van der Waals surface area contributed by atoms with Crippen LogP contribution in [0.1, 0.15) is 24.0 Å². The molecule has 7 heteroatoms. The third kappa shape index (κ3) is 4.03. The van der Waals surface area contributed by atoms with Crippen LogP contribution in [0.15, 0.2) is 48.8 Å². The van der Waals surface area contributed by atoms with Gasteiger partial charge in [-0.3, -0.25) is 4.79 Å². The van der Waals surface area contributed by atoms with Gasteiger partial charge in [0.05, 0.1) is 0 Å². The Kier molecular flexibility index (Phi) is 5.06. The van der Waals surface area contributed by atoms with Crippen molar-refractivity contribution in [3.63, 3.8) is 0 Å². The number of anilines is 2. The van der Waals surface area contributed by atoms with Gasteiger partial charge in [-0.2, -0.15) is 5.10 Å². The average Bonchev–Trinajstić information content (AvgIpc) is 3.22. The normalized spacial score (nSPS) is 14.9. The highest BCUT2D eigenvalue weighted by Crippen LogP contribution is 2.23. The van der Waals surface area contributed by atoms with Crippen molar-refractivity contribution in [2.75, 3.05) is 23.3 Å². The van der Waals surface area contributed by atoms with E-state index in [4.69, 9.17) is 0 Å². The monoisotopic (exact) mass is 376 g/mol. The van der Waals surface area contributed by atoms with E-state index in [0.717, 1.165) is 48.6 Å². The van der Waals surface area contributed by atoms with Gasteiger partial charge in [-0.15, -0.1) is 10.2 Å². The number of piperidine rings is 1. The molecule has 1 aromatic carbocycles. The summed E-state index contributed by atoms with van der Waals surface area (Å²) in [5.74, 6) is 1.65. The smallest absolute Gasteiger partial charge is 0.227 e. The minimum absolute atomic E-state index is 0.0216. The minimum Gasteiger partial charge on any atom is -0.355 e. The van der Waals surface area contributed by atoms with Crippen molar-refractivity contribution in [3.8, 4) is 5.82 Å². The highest BCUT2D eigenvalue weighted by atomic mass is 16.1. The molecule has 1 N–H and O–H groups in total. The molecular weight excluding hydrogens is 352 g/mol. The quantitative estimate of drug-likeness (QED) is 0.757. The van der Waals surface area contributed by atoms with Crippen molar-refractivity contribution in [2.24, 2.45) is 5.92 Å². The summed E-state index contributed by atoms with van der Waals surface area (Å²) < 4.78 is 1.68. The molecule has 0 unspecified atom stereocenters. The number of benzene rings is 1. The molecule has 1 saturated heterocycles. The first-order valence-electron chi connectivity index (χ1n) is 9.56. The van der Waals surface area contributed by atoms with Crippen molar-refractivity contribution in [1.82, 2.24) is 20.0 Å². The van der Waals surface area contributed by atoms with Gasteiger partial charge in [0.15, 0.2) is 11.6 Å². The van der Waals surface area contributed by atoms with Crippen LogP contribution in [-0.4, -0.2) is 39.0 Å². The zero-order valence-corrected chi connectivity index (χ0v) is 16.2. The van der Waals surface area contributed by atoms with Crippen LogP contribution in [0, 0.1) is 19.8 Å². The minimum atomic E-state index is 0.0216. The Morgan fingerprint density at radius 2 is 1.71 bits per heavy atom. The molecule has 1 fully saturated rings. The molecule has 0 spiro atoms. The number of amides is 1. The molecule has 0 aliphatic carbocycles. The third-order valence-electron chi connectivity index (χ3n) is 5.05. The molecule has 144 valence electrons. The van der Waals surface area contributed by atoms with Crippen LogP contribution < -0.4 is 10.2 Å². The molecule has 0 radical (unpaired) electrons. The fraction of sp³-hybridized carbons (Fsp3) is 0.333. The number of aryl methyl sites for hydroxylation is 2. The lowest BCUT2D eigenvalue weighted by molar-refractivity contribution is -0.120. The maximum atomic E-state index is 12.6. The van der Waals surface area contributed by atoms with E-state index in [2.05, 4.69) is 31.6 Å². The first-order chi connectivity index (χ1) is 13.6. The summed E-state index contributed by atoms with van der Waals surface area (Å²) in [5.41, 5.74) is 3.19. The van der Waals surface area contributed by atoms with Crippen LogP contribution in [0.5, 0.6) is 0 Å². The molecule has 3 aromatic rings. The van der Waals surface area contributed by atoms with E-state index in [1.54, 1.807) is 10.9 Å². The summed E-state index contributed by atoms with van der Waals surface area (Å²) in [4.78, 5) is 14.8. The summed E-state index contributed by atoms with van der Waals surface area (Å²) in [7, 11) is 0. The fourth-order valence-corrected chi connectivity index (χ4v) is 3.68. The molecule has 2 aromatic heterocycles. The number of nitrogens with zero attached hydrogens (tertiary/aromatic N) is 5. The van der Waals surface area contributed by atoms with E-state index in [1.165, 1.54) is 0 Å². The Morgan fingerprint density at radius 3 is 2.32 bits per heavy atom. The van der Waals surface area contributed by atoms with E-state index in [9.17, 15) is 4.79 Å². The Labute approximate surface area is 164 Å². The van der Waals surface area contributed by atoms with Gasteiger partial charge in [-0.05, 0) is 68.1 Å². The van der Waals surface area contributed by atoms with Crippen LogP contribution >= 0.6 is 0 Å². The summed E-state index contributed by atoms with van der Waals surface area (Å²) in [6, 6.07) is 11.8. The summed E-state index contributed by atoms with van der Waals surface area (Å²) in [6.45, 7) is 5.67. The first-order valence-corrected chi connectivity index (χ1v) is 9.56. The highest BCUT2D eigenvalue weighted by Gasteiger charge is 2.26. The highest BCUT2D eigenvalue weighted by molar-refractivity contribution is 5.92. The zero-order chi connectivity index (χ0) is 19.5. The Hall–Kier alpha value is -3.22. The Balaban J connectivity index is 1.34. The van der Waals surface area contributed by atoms with Crippen LogP contribution in [0.4, 0.5) is 11.5 Å². The molecule has 0 saturated carbocycles. The van der Waals surface area contributed by atoms with Gasteiger partial charge in [0, 0.05) is 37.1 Å². The SMILES string of the molecule is Cc1cc(C)cc(NC(=O)C2CCN(c3ccc(-n4cccn4)nn3)CC2)c1. The summed E-state index contributed by atoms with van der Waals surface area (Å²) >= 11 is 0. The number of nitrogens with one attached hydrogen (secondary N) is 1. The molecule has 0 bridgehead atoms. The van der Waals surface area contributed by atoms with Gasteiger partial charge in [0.2, 0.25) is 5.91 Å². The maximum absolute atomic E-state index is 12.6. The molecular formula is C21H24N6O. The molecule has 28 heavy (non-hydrogen) atoms. The topological polar surface area (TPSA) is 75.9 Å². The second-order valence-electron chi connectivity index (χ2n) is 7.33. The Morgan fingerprint density at radius 1 is 1.04 bits per heavy atom. The Bertz CT molecular complexity index is 923. The number of carbonyl (C=O) groups excluding carboxylic acids is 1. The van der Waals surface area contributed by atoms with E-state index in [-0.39, 0.29) is 11.8 Å². The lowest BCUT2D eigenvalue weighted by atomic mass is 9.95. The van der Waals surface area contributed by atoms with E-state index in [1.807, 2.05) is 50.4 Å². The first kappa shape index (κ1) is 18.2. The number of hydrogen-bond donors (Lipinski definition) is 1. The lowest BCUT2D eigenvalue weighted by Gasteiger charge is -2.31. The number of aromatic nitrogens is 4. The third-order valence-corrected chi connectivity index (χ3v) is 5.05. The molecule has 0 atom stereocenters. The fourth-order valence-electron chi connectivity index (χ4n) is 3.68. The number of hydrogen-bond acceptors (Lipinski definition) is 5. The van der Waals surface area contributed by atoms with Crippen molar-refractivity contribution in [2.45, 2.75) is 26.7 Å². The second kappa shape index (κ2) is 7.80. The van der Waals surface area contributed by atoms with Gasteiger partial charge in [0.1, 0.15) is 0 Å². The molecule has 4 rings (SSSR count). The summed E-state index contributed by atoms with van der Waals surface area (Å²) in [5, 5.41) is 15.8. The van der Waals surface area contributed by atoms with Gasteiger partial charge in [0.25, 0.3) is 0 Å². The van der Waals surface area contributed by atoms with Crippen LogP contribution in [0.2, 0.25) is 0 Å². The molecule has 7 nitrogen and oxygen atoms in total. The molecule has 1 amide bonds. The second-order valence-corrected chi connectivity index (χ2v) is 7.33. The van der Waals surface area contributed by atoms with Crippen LogP contribution in [0.25, 0.3) is 5.82 Å². The standard InChI is InChI=1S/C21H24N6O/c1-15-12-16(2)14-18(13-15)23-21(28)17-6-10-26(11-7-17)19-4-5-20(25-24-19)27-9-3-8-22-27/h3-5,8-9,12-14,17H,6-7,10-11H2,1-2H3,(H,23,28). The lowest BCUT2D eigenvalue weighted by Crippen LogP contribution is -2.38. The number of carbonyl (C=O) groups is 1. The van der Waals surface area contributed by atoms with Crippen molar-refractivity contribution < 1.29 is 4.79 Å². The maximum Gasteiger partial charge on any atom is 0.227 e. The van der Waals surface area contributed by atoms with E-state index >= 15 is 0 Å².